The van der Waals surface area contributed by atoms with Gasteiger partial charge < -0.3 is 20.2 Å². The van der Waals surface area contributed by atoms with Gasteiger partial charge in [-0.25, -0.2) is 0 Å². The fourth-order valence-corrected chi connectivity index (χ4v) is 4.62. The molecule has 0 heterocycles. The number of phenols is 1. The summed E-state index contributed by atoms with van der Waals surface area (Å²) in [4.78, 5) is 3.83. The molecule has 2 rings (SSSR count). The molecule has 0 amide bonds. The lowest BCUT2D eigenvalue weighted by molar-refractivity contribution is 0.184. The Morgan fingerprint density at radius 1 is 1.34 bits per heavy atom. The number of aromatic hydroxyl groups is 1. The van der Waals surface area contributed by atoms with Crippen LogP contribution in [-0.2, 0) is 6.42 Å². The van der Waals surface area contributed by atoms with Crippen molar-refractivity contribution in [1.82, 2.24) is 0 Å². The average molecular weight is 463 g/mol. The molecule has 7 heteroatoms. The second-order valence-electron chi connectivity index (χ2n) is 8.77. The van der Waals surface area contributed by atoms with Crippen LogP contribution in [0.3, 0.4) is 0 Å². The molecule has 1 aromatic rings. The van der Waals surface area contributed by atoms with E-state index in [4.69, 9.17) is 21.4 Å². The van der Waals surface area contributed by atoms with Gasteiger partial charge in [0, 0.05) is 23.3 Å². The molecule has 1 fully saturated rings. The van der Waals surface area contributed by atoms with Crippen molar-refractivity contribution in [2.75, 3.05) is 13.8 Å². The lowest BCUT2D eigenvalue weighted by atomic mass is 9.61. The summed E-state index contributed by atoms with van der Waals surface area (Å²) in [6.07, 6.45) is 9.94. The van der Waals surface area contributed by atoms with Crippen LogP contribution in [0, 0.1) is 24.2 Å². The third-order valence-corrected chi connectivity index (χ3v) is 7.50. The van der Waals surface area contributed by atoms with E-state index in [-0.39, 0.29) is 23.8 Å². The Bertz CT molecular complexity index is 952. The molecular formula is C25H35ClN2O4. The fraction of sp³-hybridized carbons (Fsp3) is 0.520. The van der Waals surface area contributed by atoms with Gasteiger partial charge in [0.15, 0.2) is 0 Å². The first-order valence-electron chi connectivity index (χ1n) is 10.9. The summed E-state index contributed by atoms with van der Waals surface area (Å²) < 4.78 is 5.48. The highest BCUT2D eigenvalue weighted by molar-refractivity contribution is 6.33. The van der Waals surface area contributed by atoms with Gasteiger partial charge in [-0.15, -0.1) is 0 Å². The standard InChI is InChI=1S/C25H35ClN2O4/c1-15(11-12-25(5)16(2)8-10-21(28-31)18(25)4)7-9-19-23(30)20(13-27-14-29)17(3)22(26)24(19)32-6/h7,11-13,16,18,29-31H,8-10,14H2,1-6H3/b12-11+,15-7+,27-13?,28-21+/t16-,18+,25+/m1/s1. The van der Waals surface area contributed by atoms with Crippen LogP contribution in [0.15, 0.2) is 33.9 Å². The van der Waals surface area contributed by atoms with E-state index in [9.17, 15) is 10.3 Å². The maximum absolute atomic E-state index is 10.9. The van der Waals surface area contributed by atoms with Crippen LogP contribution in [0.4, 0.5) is 0 Å². The van der Waals surface area contributed by atoms with Crippen LogP contribution in [0.1, 0.15) is 57.2 Å². The molecule has 0 radical (unpaired) electrons. The van der Waals surface area contributed by atoms with Crippen molar-refractivity contribution < 1.29 is 20.2 Å². The van der Waals surface area contributed by atoms with E-state index in [0.717, 1.165) is 24.1 Å². The van der Waals surface area contributed by atoms with Gasteiger partial charge in [-0.05, 0) is 50.0 Å². The average Bonchev–Trinajstić information content (AvgIpc) is 2.78. The summed E-state index contributed by atoms with van der Waals surface area (Å²) in [5.74, 6) is 1.08. The number of rotatable bonds is 7. The van der Waals surface area contributed by atoms with Crippen molar-refractivity contribution in [2.45, 2.75) is 53.9 Å². The largest absolute Gasteiger partial charge is 0.507 e. The van der Waals surface area contributed by atoms with Crippen LogP contribution in [-0.4, -0.2) is 41.2 Å². The smallest absolute Gasteiger partial charge is 0.144 e. The number of oxime groups is 1. The molecule has 1 saturated carbocycles. The molecule has 1 aromatic carbocycles. The quantitative estimate of drug-likeness (QED) is 0.210. The number of aliphatic imine (C=N–C) groups is 1. The van der Waals surface area contributed by atoms with Gasteiger partial charge in [-0.3, -0.25) is 4.99 Å². The highest BCUT2D eigenvalue weighted by Crippen LogP contribution is 2.45. The van der Waals surface area contributed by atoms with E-state index in [2.05, 4.69) is 43.1 Å². The summed E-state index contributed by atoms with van der Waals surface area (Å²) in [7, 11) is 1.52. The molecule has 3 atom stereocenters. The molecule has 1 aliphatic rings. The Morgan fingerprint density at radius 2 is 2.03 bits per heavy atom. The maximum atomic E-state index is 10.9. The van der Waals surface area contributed by atoms with E-state index in [1.807, 2.05) is 13.0 Å². The summed E-state index contributed by atoms with van der Waals surface area (Å²) in [5, 5.41) is 33.1. The number of benzene rings is 1. The van der Waals surface area contributed by atoms with Gasteiger partial charge in [0.05, 0.1) is 17.8 Å². The van der Waals surface area contributed by atoms with Gasteiger partial charge in [-0.1, -0.05) is 61.3 Å². The van der Waals surface area contributed by atoms with Crippen LogP contribution in [0.5, 0.6) is 11.5 Å². The third-order valence-electron chi connectivity index (χ3n) is 7.04. The molecule has 0 spiro atoms. The lowest BCUT2D eigenvalue weighted by Gasteiger charge is -2.43. The van der Waals surface area contributed by atoms with E-state index in [0.29, 0.717) is 39.8 Å². The second kappa shape index (κ2) is 11.0. The number of halogens is 1. The zero-order valence-corrected chi connectivity index (χ0v) is 20.6. The van der Waals surface area contributed by atoms with Crippen molar-refractivity contribution in [3.63, 3.8) is 0 Å². The van der Waals surface area contributed by atoms with Crippen molar-refractivity contribution in [2.24, 2.45) is 27.4 Å². The normalized spacial score (nSPS) is 25.9. The minimum absolute atomic E-state index is 0.0410. The molecule has 3 N–H and O–H groups in total. The predicted octanol–water partition coefficient (Wildman–Crippen LogP) is 5.68. The molecular weight excluding hydrogens is 428 g/mol. The molecule has 176 valence electrons. The van der Waals surface area contributed by atoms with E-state index >= 15 is 0 Å². The Hall–Kier alpha value is -2.31. The van der Waals surface area contributed by atoms with E-state index < -0.39 is 0 Å². The SMILES string of the molecule is COc1c(Cl)c(C)c(C=NCO)c(O)c1C/C=C(C)/C=C/[C@@]1(C)[C@H](C)CC/C(=N\O)[C@@H]1C. The van der Waals surface area contributed by atoms with Gasteiger partial charge in [0.1, 0.15) is 18.2 Å². The Morgan fingerprint density at radius 3 is 2.62 bits per heavy atom. The number of phenolic OH excluding ortho intramolecular Hbond substituents is 1. The number of ether oxygens (including phenoxy) is 1. The highest BCUT2D eigenvalue weighted by atomic mass is 35.5. The number of methoxy groups -OCH3 is 1. The molecule has 0 unspecified atom stereocenters. The molecule has 1 aliphatic carbocycles. The minimum atomic E-state index is -0.375. The summed E-state index contributed by atoms with van der Waals surface area (Å²) >= 11 is 6.48. The number of hydrogen-bond acceptors (Lipinski definition) is 6. The van der Waals surface area contributed by atoms with Crippen LogP contribution in [0.2, 0.25) is 5.02 Å². The second-order valence-corrected chi connectivity index (χ2v) is 9.15. The van der Waals surface area contributed by atoms with Crippen LogP contribution in [0.25, 0.3) is 0 Å². The molecule has 0 aliphatic heterocycles. The zero-order valence-electron chi connectivity index (χ0n) is 19.8. The van der Waals surface area contributed by atoms with Gasteiger partial charge in [0.25, 0.3) is 0 Å². The van der Waals surface area contributed by atoms with E-state index in [1.165, 1.54) is 13.3 Å². The van der Waals surface area contributed by atoms with Gasteiger partial charge in [0.2, 0.25) is 0 Å². The first-order valence-corrected chi connectivity index (χ1v) is 11.2. The minimum Gasteiger partial charge on any atom is -0.507 e. The fourth-order valence-electron chi connectivity index (χ4n) is 4.33. The number of allylic oxidation sites excluding steroid dienone is 4. The molecule has 0 saturated heterocycles. The third kappa shape index (κ3) is 5.18. The monoisotopic (exact) mass is 462 g/mol. The topological polar surface area (TPSA) is 94.6 Å². The first kappa shape index (κ1) is 25.9. The number of aliphatic hydroxyl groups excluding tert-OH is 1. The van der Waals surface area contributed by atoms with Crippen molar-refractivity contribution in [3.05, 3.63) is 45.5 Å². The molecule has 0 bridgehead atoms. The summed E-state index contributed by atoms with van der Waals surface area (Å²) in [6, 6.07) is 0. The number of aliphatic hydroxyl groups is 1. The van der Waals surface area contributed by atoms with Crippen molar-refractivity contribution in [1.29, 1.82) is 0 Å². The van der Waals surface area contributed by atoms with Crippen LogP contribution < -0.4 is 4.74 Å². The molecule has 32 heavy (non-hydrogen) atoms. The number of hydrogen-bond donors (Lipinski definition) is 3. The predicted molar refractivity (Wildman–Crippen MR) is 131 cm³/mol. The highest BCUT2D eigenvalue weighted by Gasteiger charge is 2.40. The molecule has 6 nitrogen and oxygen atoms in total. The Kier molecular flexibility index (Phi) is 8.93. The number of nitrogens with zero attached hydrogens (tertiary/aromatic N) is 2. The Labute approximate surface area is 196 Å². The maximum Gasteiger partial charge on any atom is 0.144 e. The van der Waals surface area contributed by atoms with Crippen LogP contribution >= 0.6 is 11.6 Å². The van der Waals surface area contributed by atoms with Gasteiger partial charge in [-0.2, -0.15) is 0 Å². The Balaban J connectivity index is 2.36. The first-order chi connectivity index (χ1) is 15.1. The zero-order chi connectivity index (χ0) is 24.1. The summed E-state index contributed by atoms with van der Waals surface area (Å²) in [5.41, 5.74) is 3.43. The van der Waals surface area contributed by atoms with Crippen molar-refractivity contribution in [3.8, 4) is 11.5 Å². The summed E-state index contributed by atoms with van der Waals surface area (Å²) in [6.45, 7) is 9.96. The molecule has 0 aromatic heterocycles. The lowest BCUT2D eigenvalue weighted by Crippen LogP contribution is -2.40. The van der Waals surface area contributed by atoms with Gasteiger partial charge >= 0.3 is 0 Å². The van der Waals surface area contributed by atoms with Crippen molar-refractivity contribution >= 4 is 23.5 Å². The van der Waals surface area contributed by atoms with E-state index in [1.54, 1.807) is 6.92 Å².